The number of benzene rings is 1. The molecule has 2 nitrogen and oxygen atoms in total. The van der Waals surface area contributed by atoms with Gasteiger partial charge in [-0.3, -0.25) is 4.90 Å². The molecule has 2 rings (SSSR count). The summed E-state index contributed by atoms with van der Waals surface area (Å²) in [4.78, 5) is 2.42. The lowest BCUT2D eigenvalue weighted by atomic mass is 9.91. The van der Waals surface area contributed by atoms with Gasteiger partial charge in [-0.1, -0.05) is 37.6 Å². The first-order valence-corrected chi connectivity index (χ1v) is 7.43. The van der Waals surface area contributed by atoms with Crippen LogP contribution in [0.4, 0.5) is 0 Å². The Morgan fingerprint density at radius 3 is 2.42 bits per heavy atom. The highest BCUT2D eigenvalue weighted by Crippen LogP contribution is 2.25. The minimum absolute atomic E-state index is 0.363. The number of aliphatic hydroxyl groups excluding tert-OH is 1. The molecule has 1 aliphatic rings. The fourth-order valence-corrected chi connectivity index (χ4v) is 3.48. The first-order chi connectivity index (χ1) is 8.95. The molecule has 3 unspecified atom stereocenters. The summed E-state index contributed by atoms with van der Waals surface area (Å²) in [5, 5.41) is 10.5. The first-order valence-electron chi connectivity index (χ1n) is 7.43. The molecule has 0 amide bonds. The van der Waals surface area contributed by atoms with Gasteiger partial charge in [-0.15, -0.1) is 0 Å². The highest BCUT2D eigenvalue weighted by Gasteiger charge is 2.24. The van der Waals surface area contributed by atoms with E-state index in [1.807, 2.05) is 0 Å². The zero-order chi connectivity index (χ0) is 14.0. The van der Waals surface area contributed by atoms with Crippen molar-refractivity contribution in [1.82, 2.24) is 4.90 Å². The van der Waals surface area contributed by atoms with Crippen molar-refractivity contribution in [3.63, 3.8) is 0 Å². The lowest BCUT2D eigenvalue weighted by molar-refractivity contribution is 0.0696. The van der Waals surface area contributed by atoms with Crippen molar-refractivity contribution >= 4 is 0 Å². The number of nitrogens with zero attached hydrogens (tertiary/aromatic N) is 1. The number of likely N-dealkylation sites (tertiary alicyclic amines) is 1. The van der Waals surface area contributed by atoms with E-state index in [1.165, 1.54) is 17.5 Å². The van der Waals surface area contributed by atoms with Crippen LogP contribution in [-0.4, -0.2) is 29.6 Å². The summed E-state index contributed by atoms with van der Waals surface area (Å²) in [6, 6.07) is 6.32. The molecule has 1 N–H and O–H groups in total. The third-order valence-electron chi connectivity index (χ3n) is 4.16. The molecule has 0 aromatic heterocycles. The summed E-state index contributed by atoms with van der Waals surface area (Å²) in [7, 11) is 0. The molecule has 0 bridgehead atoms. The lowest BCUT2D eigenvalue weighted by Gasteiger charge is -2.36. The largest absolute Gasteiger partial charge is 0.387 e. The molecule has 1 aromatic carbocycles. The van der Waals surface area contributed by atoms with E-state index in [9.17, 15) is 5.11 Å². The van der Waals surface area contributed by atoms with Crippen molar-refractivity contribution in [2.75, 3.05) is 19.6 Å². The Balaban J connectivity index is 2.02. The second-order valence-electron chi connectivity index (χ2n) is 6.54. The molecule has 0 spiro atoms. The molecule has 2 heteroatoms. The predicted molar refractivity (Wildman–Crippen MR) is 80.3 cm³/mol. The van der Waals surface area contributed by atoms with Gasteiger partial charge in [0.25, 0.3) is 0 Å². The quantitative estimate of drug-likeness (QED) is 0.902. The molecule has 0 radical (unpaired) electrons. The molecule has 19 heavy (non-hydrogen) atoms. The van der Waals surface area contributed by atoms with Crippen LogP contribution in [0.2, 0.25) is 0 Å². The Kier molecular flexibility index (Phi) is 4.64. The van der Waals surface area contributed by atoms with Gasteiger partial charge in [-0.05, 0) is 43.2 Å². The third kappa shape index (κ3) is 3.80. The van der Waals surface area contributed by atoms with E-state index in [1.54, 1.807) is 0 Å². The molecule has 106 valence electrons. The van der Waals surface area contributed by atoms with Crippen LogP contribution in [0, 0.1) is 25.7 Å². The zero-order valence-electron chi connectivity index (χ0n) is 12.7. The minimum atomic E-state index is -0.363. The standard InChI is InChI=1S/C17H27NO/c1-12-5-6-16(15(4)8-12)17(19)11-18-9-13(2)7-14(3)10-18/h5-6,8,13-14,17,19H,7,9-11H2,1-4H3. The lowest BCUT2D eigenvalue weighted by Crippen LogP contribution is -2.40. The highest BCUT2D eigenvalue weighted by atomic mass is 16.3. The molecule has 1 heterocycles. The van der Waals surface area contributed by atoms with Crippen LogP contribution in [0.5, 0.6) is 0 Å². The smallest absolute Gasteiger partial charge is 0.0919 e. The van der Waals surface area contributed by atoms with Crippen LogP contribution in [0.15, 0.2) is 18.2 Å². The van der Waals surface area contributed by atoms with E-state index in [2.05, 4.69) is 50.8 Å². The molecule has 0 aliphatic carbocycles. The van der Waals surface area contributed by atoms with Gasteiger partial charge in [0.1, 0.15) is 0 Å². The van der Waals surface area contributed by atoms with Gasteiger partial charge in [-0.25, -0.2) is 0 Å². The number of piperidine rings is 1. The number of β-amino-alcohol motifs (C(OH)–C–C–N with tert-alkyl or cyclic N) is 1. The van der Waals surface area contributed by atoms with Gasteiger partial charge in [0.15, 0.2) is 0 Å². The van der Waals surface area contributed by atoms with Gasteiger partial charge < -0.3 is 5.11 Å². The molecule has 1 fully saturated rings. The normalized spacial score (nSPS) is 26.4. The zero-order valence-corrected chi connectivity index (χ0v) is 12.7. The van der Waals surface area contributed by atoms with Crippen molar-refractivity contribution < 1.29 is 5.11 Å². The van der Waals surface area contributed by atoms with Crippen molar-refractivity contribution in [2.24, 2.45) is 11.8 Å². The summed E-state index contributed by atoms with van der Waals surface area (Å²) in [6.45, 7) is 11.8. The molecular weight excluding hydrogens is 234 g/mol. The van der Waals surface area contributed by atoms with Crippen molar-refractivity contribution in [3.8, 4) is 0 Å². The fraction of sp³-hybridized carbons (Fsp3) is 0.647. The Morgan fingerprint density at radius 1 is 1.21 bits per heavy atom. The van der Waals surface area contributed by atoms with Crippen LogP contribution >= 0.6 is 0 Å². The Bertz CT molecular complexity index is 419. The van der Waals surface area contributed by atoms with E-state index in [0.717, 1.165) is 37.0 Å². The third-order valence-corrected chi connectivity index (χ3v) is 4.16. The topological polar surface area (TPSA) is 23.5 Å². The second-order valence-corrected chi connectivity index (χ2v) is 6.54. The molecular formula is C17H27NO. The van der Waals surface area contributed by atoms with E-state index >= 15 is 0 Å². The number of hydrogen-bond donors (Lipinski definition) is 1. The number of aryl methyl sites for hydroxylation is 2. The van der Waals surface area contributed by atoms with Gasteiger partial charge in [0, 0.05) is 19.6 Å². The average Bonchev–Trinajstić information content (AvgIpc) is 2.26. The summed E-state index contributed by atoms with van der Waals surface area (Å²) < 4.78 is 0. The SMILES string of the molecule is Cc1ccc(C(O)CN2CC(C)CC(C)C2)c(C)c1. The average molecular weight is 261 g/mol. The van der Waals surface area contributed by atoms with E-state index < -0.39 is 0 Å². The number of rotatable bonds is 3. The fourth-order valence-electron chi connectivity index (χ4n) is 3.48. The molecule has 1 saturated heterocycles. The Morgan fingerprint density at radius 2 is 1.84 bits per heavy atom. The van der Waals surface area contributed by atoms with Gasteiger partial charge in [0.05, 0.1) is 6.10 Å². The van der Waals surface area contributed by atoms with E-state index in [-0.39, 0.29) is 6.10 Å². The molecule has 0 saturated carbocycles. The van der Waals surface area contributed by atoms with Crippen LogP contribution in [-0.2, 0) is 0 Å². The minimum Gasteiger partial charge on any atom is -0.387 e. The van der Waals surface area contributed by atoms with Crippen LogP contribution in [0.3, 0.4) is 0 Å². The molecule has 1 aromatic rings. The Labute approximate surface area is 117 Å². The number of hydrogen-bond acceptors (Lipinski definition) is 2. The predicted octanol–water partition coefficient (Wildman–Crippen LogP) is 3.31. The van der Waals surface area contributed by atoms with E-state index in [0.29, 0.717) is 0 Å². The maximum absolute atomic E-state index is 10.5. The first kappa shape index (κ1) is 14.5. The summed E-state index contributed by atoms with van der Waals surface area (Å²) in [5.41, 5.74) is 3.54. The van der Waals surface area contributed by atoms with Gasteiger partial charge in [0.2, 0.25) is 0 Å². The van der Waals surface area contributed by atoms with E-state index in [4.69, 9.17) is 0 Å². The highest BCUT2D eigenvalue weighted by molar-refractivity contribution is 5.32. The molecule has 3 atom stereocenters. The summed E-state index contributed by atoms with van der Waals surface area (Å²) in [6.07, 6.45) is 0.953. The van der Waals surface area contributed by atoms with Gasteiger partial charge >= 0.3 is 0 Å². The molecule has 1 aliphatic heterocycles. The van der Waals surface area contributed by atoms with Crippen molar-refractivity contribution in [2.45, 2.75) is 40.2 Å². The maximum atomic E-state index is 10.5. The van der Waals surface area contributed by atoms with Crippen LogP contribution in [0.1, 0.15) is 43.1 Å². The monoisotopic (exact) mass is 261 g/mol. The maximum Gasteiger partial charge on any atom is 0.0919 e. The number of aliphatic hydroxyl groups is 1. The van der Waals surface area contributed by atoms with Gasteiger partial charge in [-0.2, -0.15) is 0 Å². The van der Waals surface area contributed by atoms with Crippen LogP contribution < -0.4 is 0 Å². The van der Waals surface area contributed by atoms with Crippen molar-refractivity contribution in [1.29, 1.82) is 0 Å². The summed E-state index contributed by atoms with van der Waals surface area (Å²) in [5.74, 6) is 1.49. The second kappa shape index (κ2) is 6.06. The Hall–Kier alpha value is -0.860. The summed E-state index contributed by atoms with van der Waals surface area (Å²) >= 11 is 0. The van der Waals surface area contributed by atoms with Crippen molar-refractivity contribution in [3.05, 3.63) is 34.9 Å². The van der Waals surface area contributed by atoms with Crippen LogP contribution in [0.25, 0.3) is 0 Å².